The number of hydrogen-bond donors (Lipinski definition) is 1. The summed E-state index contributed by atoms with van der Waals surface area (Å²) in [4.78, 5) is 9.41. The highest BCUT2D eigenvalue weighted by atomic mass is 16.3. The van der Waals surface area contributed by atoms with Crippen LogP contribution in [0.25, 0.3) is 0 Å². The maximum absolute atomic E-state index is 11.3. The van der Waals surface area contributed by atoms with E-state index in [1.54, 1.807) is 0 Å². The van der Waals surface area contributed by atoms with E-state index in [0.717, 1.165) is 26.2 Å². The van der Waals surface area contributed by atoms with Gasteiger partial charge in [0.15, 0.2) is 0 Å². The van der Waals surface area contributed by atoms with Crippen molar-refractivity contribution in [1.82, 2.24) is 14.8 Å². The standard InChI is InChI=1S/C20H23N3O/c1-19-11-22-13-20(18(19)24,16-7-3-2-4-8-16)14-23(12-19)17(22)15-6-5-9-21-10-15/h2-10,17-18,24H,11-14H2,1H3/t17?,18-,19?,20?/m0/s1. The lowest BCUT2D eigenvalue weighted by Gasteiger charge is -2.69. The lowest BCUT2D eigenvalue weighted by Crippen LogP contribution is -2.79. The molecule has 1 N–H and O–H groups in total. The molecule has 4 fully saturated rings. The first-order valence-electron chi connectivity index (χ1n) is 8.74. The lowest BCUT2D eigenvalue weighted by atomic mass is 9.57. The maximum Gasteiger partial charge on any atom is 0.0902 e. The number of nitrogens with zero attached hydrogens (tertiary/aromatic N) is 3. The van der Waals surface area contributed by atoms with Gasteiger partial charge in [0, 0.05) is 55.0 Å². The molecule has 5 heterocycles. The molecule has 4 heteroatoms. The molecule has 4 aliphatic heterocycles. The Kier molecular flexibility index (Phi) is 2.97. The second-order valence-electron chi connectivity index (χ2n) is 8.05. The van der Waals surface area contributed by atoms with E-state index in [2.05, 4.69) is 58.1 Å². The van der Waals surface area contributed by atoms with Crippen molar-refractivity contribution in [3.05, 3.63) is 66.0 Å². The molecule has 4 saturated heterocycles. The van der Waals surface area contributed by atoms with Crippen molar-refractivity contribution in [2.24, 2.45) is 5.41 Å². The van der Waals surface area contributed by atoms with Crippen LogP contribution in [-0.4, -0.2) is 52.2 Å². The Morgan fingerprint density at radius 2 is 1.71 bits per heavy atom. The van der Waals surface area contributed by atoms with Gasteiger partial charge in [0.2, 0.25) is 0 Å². The minimum absolute atomic E-state index is 0.0783. The molecule has 0 amide bonds. The fraction of sp³-hybridized carbons (Fsp3) is 0.450. The van der Waals surface area contributed by atoms with E-state index in [0.29, 0.717) is 0 Å². The summed E-state index contributed by atoms with van der Waals surface area (Å²) in [6.07, 6.45) is 3.81. The number of pyridine rings is 1. The smallest absolute Gasteiger partial charge is 0.0902 e. The zero-order chi connectivity index (χ0) is 16.4. The van der Waals surface area contributed by atoms with E-state index < -0.39 is 0 Å². The van der Waals surface area contributed by atoms with Gasteiger partial charge in [0.05, 0.1) is 12.3 Å². The van der Waals surface area contributed by atoms with Crippen molar-refractivity contribution in [2.75, 3.05) is 26.2 Å². The fourth-order valence-electron chi connectivity index (χ4n) is 5.52. The largest absolute Gasteiger partial charge is 0.391 e. The zero-order valence-corrected chi connectivity index (χ0v) is 14.0. The normalized spacial score (nSPS) is 43.1. The Hall–Kier alpha value is -1.75. The van der Waals surface area contributed by atoms with Crippen molar-refractivity contribution in [3.8, 4) is 0 Å². The van der Waals surface area contributed by atoms with E-state index in [4.69, 9.17) is 0 Å². The van der Waals surface area contributed by atoms with Gasteiger partial charge >= 0.3 is 0 Å². The predicted molar refractivity (Wildman–Crippen MR) is 92.4 cm³/mol. The van der Waals surface area contributed by atoms with Crippen molar-refractivity contribution in [2.45, 2.75) is 24.6 Å². The van der Waals surface area contributed by atoms with Crippen molar-refractivity contribution in [1.29, 1.82) is 0 Å². The van der Waals surface area contributed by atoms with Crippen molar-refractivity contribution < 1.29 is 5.11 Å². The highest BCUT2D eigenvalue weighted by Gasteiger charge is 2.64. The highest BCUT2D eigenvalue weighted by Crippen LogP contribution is 2.55. The Labute approximate surface area is 142 Å². The summed E-state index contributed by atoms with van der Waals surface area (Å²) in [6.45, 7) is 5.94. The monoisotopic (exact) mass is 321 g/mol. The van der Waals surface area contributed by atoms with Gasteiger partial charge in [-0.2, -0.15) is 0 Å². The summed E-state index contributed by atoms with van der Waals surface area (Å²) in [5.74, 6) is 0. The Morgan fingerprint density at radius 1 is 1.00 bits per heavy atom. The molecule has 0 radical (unpaired) electrons. The molecule has 0 saturated carbocycles. The average molecular weight is 321 g/mol. The maximum atomic E-state index is 11.3. The molecule has 2 aromatic rings. The fourth-order valence-corrected chi connectivity index (χ4v) is 5.52. The van der Waals surface area contributed by atoms with Crippen LogP contribution in [0.4, 0.5) is 0 Å². The number of aliphatic hydroxyl groups excluding tert-OH is 1. The molecule has 4 bridgehead atoms. The first-order valence-corrected chi connectivity index (χ1v) is 8.74. The second kappa shape index (κ2) is 4.88. The molecule has 24 heavy (non-hydrogen) atoms. The Bertz CT molecular complexity index is 732. The van der Waals surface area contributed by atoms with Crippen LogP contribution in [0.1, 0.15) is 24.2 Å². The predicted octanol–water partition coefficient (Wildman–Crippen LogP) is 2.03. The molecule has 1 aromatic heterocycles. The number of benzene rings is 1. The van der Waals surface area contributed by atoms with Crippen LogP contribution in [-0.2, 0) is 5.41 Å². The van der Waals surface area contributed by atoms with Crippen molar-refractivity contribution >= 4 is 0 Å². The quantitative estimate of drug-likeness (QED) is 0.919. The van der Waals surface area contributed by atoms with Gasteiger partial charge in [-0.15, -0.1) is 0 Å². The SMILES string of the molecule is CC12CN3CC(c4ccccc4)(CN(C1)C3c1cccnc1)[C@H]2O. The summed E-state index contributed by atoms with van der Waals surface area (Å²) in [6, 6.07) is 14.8. The molecule has 3 atom stereocenters. The molecular weight excluding hydrogens is 298 g/mol. The van der Waals surface area contributed by atoms with E-state index >= 15 is 0 Å². The molecular formula is C20H23N3O. The summed E-state index contributed by atoms with van der Waals surface area (Å²) in [5, 5.41) is 11.3. The van der Waals surface area contributed by atoms with Crippen LogP contribution < -0.4 is 0 Å². The first-order chi connectivity index (χ1) is 11.6. The van der Waals surface area contributed by atoms with Gasteiger partial charge in [-0.25, -0.2) is 0 Å². The van der Waals surface area contributed by atoms with Gasteiger partial charge in [0.25, 0.3) is 0 Å². The van der Waals surface area contributed by atoms with E-state index in [-0.39, 0.29) is 23.1 Å². The summed E-state index contributed by atoms with van der Waals surface area (Å²) in [7, 11) is 0. The van der Waals surface area contributed by atoms with Crippen LogP contribution >= 0.6 is 0 Å². The van der Waals surface area contributed by atoms with Gasteiger partial charge < -0.3 is 5.11 Å². The van der Waals surface area contributed by atoms with Crippen LogP contribution in [0.5, 0.6) is 0 Å². The number of rotatable bonds is 2. The molecule has 4 aliphatic rings. The van der Waals surface area contributed by atoms with E-state index in [1.807, 2.05) is 18.5 Å². The summed E-state index contributed by atoms with van der Waals surface area (Å²) < 4.78 is 0. The zero-order valence-electron chi connectivity index (χ0n) is 14.0. The highest BCUT2D eigenvalue weighted by molar-refractivity contribution is 5.35. The molecule has 1 aromatic carbocycles. The van der Waals surface area contributed by atoms with Crippen molar-refractivity contribution in [3.63, 3.8) is 0 Å². The molecule has 0 aliphatic carbocycles. The topological polar surface area (TPSA) is 39.6 Å². The third-order valence-corrected chi connectivity index (χ3v) is 6.31. The number of aliphatic hydroxyl groups is 1. The van der Waals surface area contributed by atoms with Gasteiger partial charge in [-0.05, 0) is 11.6 Å². The molecule has 6 rings (SSSR count). The third-order valence-electron chi connectivity index (χ3n) is 6.31. The van der Waals surface area contributed by atoms with Gasteiger partial charge in [-0.3, -0.25) is 14.8 Å². The van der Waals surface area contributed by atoms with Crippen LogP contribution in [0.3, 0.4) is 0 Å². The minimum atomic E-state index is -0.297. The third kappa shape index (κ3) is 1.82. The molecule has 4 nitrogen and oxygen atoms in total. The van der Waals surface area contributed by atoms with Gasteiger partial charge in [-0.1, -0.05) is 43.3 Å². The average Bonchev–Trinajstić information content (AvgIpc) is 2.60. The number of piperidine rings is 2. The molecule has 2 unspecified atom stereocenters. The Balaban J connectivity index is 1.60. The summed E-state index contributed by atoms with van der Waals surface area (Å²) >= 11 is 0. The Morgan fingerprint density at radius 3 is 2.33 bits per heavy atom. The van der Waals surface area contributed by atoms with Crippen LogP contribution in [0, 0.1) is 5.41 Å². The van der Waals surface area contributed by atoms with Crippen LogP contribution in [0.2, 0.25) is 0 Å². The number of hydrogen-bond acceptors (Lipinski definition) is 4. The lowest BCUT2D eigenvalue weighted by molar-refractivity contribution is -0.232. The number of aromatic nitrogens is 1. The molecule has 124 valence electrons. The van der Waals surface area contributed by atoms with E-state index in [9.17, 15) is 5.11 Å². The molecule has 0 spiro atoms. The second-order valence-corrected chi connectivity index (χ2v) is 8.05. The van der Waals surface area contributed by atoms with Crippen LogP contribution in [0.15, 0.2) is 54.9 Å². The summed E-state index contributed by atoms with van der Waals surface area (Å²) in [5.41, 5.74) is 2.26. The van der Waals surface area contributed by atoms with E-state index in [1.165, 1.54) is 11.1 Å². The van der Waals surface area contributed by atoms with Gasteiger partial charge in [0.1, 0.15) is 0 Å². The first kappa shape index (κ1) is 14.6. The minimum Gasteiger partial charge on any atom is -0.391 e.